The first-order valence-corrected chi connectivity index (χ1v) is 10.7. The van der Waals surface area contributed by atoms with E-state index in [0.717, 1.165) is 18.4 Å². The fourth-order valence-corrected chi connectivity index (χ4v) is 3.81. The highest BCUT2D eigenvalue weighted by atomic mass is 35.5. The highest BCUT2D eigenvalue weighted by Crippen LogP contribution is 2.40. The summed E-state index contributed by atoms with van der Waals surface area (Å²) in [7, 11) is 4.63. The van der Waals surface area contributed by atoms with E-state index >= 15 is 0 Å². The molecule has 33 heavy (non-hydrogen) atoms. The highest BCUT2D eigenvalue weighted by molar-refractivity contribution is 6.30. The Morgan fingerprint density at radius 1 is 1.09 bits per heavy atom. The van der Waals surface area contributed by atoms with Gasteiger partial charge in [0.25, 0.3) is 5.91 Å². The SMILES string of the molecule is COc1cc(-c2cc(C(=O)N3CCCC(Oc4ncc(Cl)cn4)C3)[nH]n2)cc(OC)c1OC. The Bertz CT molecular complexity index is 1100. The number of hydrogen-bond acceptors (Lipinski definition) is 8. The first kappa shape index (κ1) is 22.7. The van der Waals surface area contributed by atoms with Crippen molar-refractivity contribution in [2.75, 3.05) is 34.4 Å². The summed E-state index contributed by atoms with van der Waals surface area (Å²) < 4.78 is 22.0. The molecular weight excluding hydrogens is 450 g/mol. The maximum atomic E-state index is 13.1. The molecule has 174 valence electrons. The Balaban J connectivity index is 1.49. The van der Waals surface area contributed by atoms with Gasteiger partial charge in [0.05, 0.1) is 51.0 Å². The number of aromatic nitrogens is 4. The Hall–Kier alpha value is -3.53. The monoisotopic (exact) mass is 473 g/mol. The Morgan fingerprint density at radius 3 is 2.42 bits per heavy atom. The molecule has 0 saturated carbocycles. The third-order valence-electron chi connectivity index (χ3n) is 5.30. The molecule has 4 rings (SSSR count). The van der Waals surface area contributed by atoms with Crippen molar-refractivity contribution in [1.29, 1.82) is 0 Å². The van der Waals surface area contributed by atoms with Crippen molar-refractivity contribution in [3.63, 3.8) is 0 Å². The minimum atomic E-state index is -0.207. The second-order valence-electron chi connectivity index (χ2n) is 7.40. The summed E-state index contributed by atoms with van der Waals surface area (Å²) in [5.74, 6) is 1.33. The average Bonchev–Trinajstić information content (AvgIpc) is 3.34. The summed E-state index contributed by atoms with van der Waals surface area (Å²) >= 11 is 5.82. The van der Waals surface area contributed by atoms with Crippen molar-refractivity contribution in [3.8, 4) is 34.5 Å². The molecule has 1 fully saturated rings. The van der Waals surface area contributed by atoms with Crippen molar-refractivity contribution in [1.82, 2.24) is 25.1 Å². The Kier molecular flexibility index (Phi) is 6.83. The number of ether oxygens (including phenoxy) is 4. The molecule has 1 saturated heterocycles. The van der Waals surface area contributed by atoms with Gasteiger partial charge in [-0.25, -0.2) is 9.97 Å². The van der Waals surface area contributed by atoms with Crippen molar-refractivity contribution in [2.24, 2.45) is 0 Å². The van der Waals surface area contributed by atoms with Gasteiger partial charge in [0, 0.05) is 12.1 Å². The van der Waals surface area contributed by atoms with Gasteiger partial charge in [-0.2, -0.15) is 5.10 Å². The lowest BCUT2D eigenvalue weighted by atomic mass is 10.1. The van der Waals surface area contributed by atoms with E-state index < -0.39 is 0 Å². The molecule has 1 aromatic carbocycles. The molecule has 2 aromatic heterocycles. The fourth-order valence-electron chi connectivity index (χ4n) is 3.71. The number of nitrogens with zero attached hydrogens (tertiary/aromatic N) is 4. The normalized spacial score (nSPS) is 15.8. The molecule has 0 aliphatic carbocycles. The van der Waals surface area contributed by atoms with Crippen LogP contribution in [0.15, 0.2) is 30.6 Å². The number of piperidine rings is 1. The number of benzene rings is 1. The van der Waals surface area contributed by atoms with Crippen LogP contribution in [0.2, 0.25) is 5.02 Å². The number of methoxy groups -OCH3 is 3. The van der Waals surface area contributed by atoms with E-state index in [0.29, 0.717) is 46.7 Å². The third-order valence-corrected chi connectivity index (χ3v) is 5.50. The fraction of sp³-hybridized carbons (Fsp3) is 0.364. The van der Waals surface area contributed by atoms with E-state index in [9.17, 15) is 4.79 Å². The van der Waals surface area contributed by atoms with Crippen LogP contribution in [0, 0.1) is 0 Å². The zero-order chi connectivity index (χ0) is 23.4. The number of likely N-dealkylation sites (tertiary alicyclic amines) is 1. The van der Waals surface area contributed by atoms with Crippen molar-refractivity contribution < 1.29 is 23.7 Å². The van der Waals surface area contributed by atoms with Crippen molar-refractivity contribution in [2.45, 2.75) is 18.9 Å². The Labute approximate surface area is 195 Å². The first-order chi connectivity index (χ1) is 16.0. The van der Waals surface area contributed by atoms with Gasteiger partial charge in [-0.1, -0.05) is 11.6 Å². The molecular formula is C22H24ClN5O5. The van der Waals surface area contributed by atoms with Crippen LogP contribution in [0.1, 0.15) is 23.3 Å². The van der Waals surface area contributed by atoms with Gasteiger partial charge in [0.1, 0.15) is 11.8 Å². The molecule has 3 aromatic rings. The number of carbonyl (C=O) groups excluding carboxylic acids is 1. The first-order valence-electron chi connectivity index (χ1n) is 10.3. The maximum Gasteiger partial charge on any atom is 0.316 e. The van der Waals surface area contributed by atoms with Crippen LogP contribution in [0.5, 0.6) is 23.3 Å². The number of aromatic amines is 1. The molecule has 1 N–H and O–H groups in total. The van der Waals surface area contributed by atoms with Gasteiger partial charge in [-0.05, 0) is 31.0 Å². The molecule has 1 aliphatic heterocycles. The Morgan fingerprint density at radius 2 is 1.79 bits per heavy atom. The number of rotatable bonds is 7. The molecule has 0 radical (unpaired) electrons. The molecule has 1 aliphatic rings. The van der Waals surface area contributed by atoms with Crippen LogP contribution in [0.25, 0.3) is 11.3 Å². The van der Waals surface area contributed by atoms with E-state index in [1.807, 2.05) is 0 Å². The van der Waals surface area contributed by atoms with E-state index in [-0.39, 0.29) is 18.0 Å². The smallest absolute Gasteiger partial charge is 0.316 e. The van der Waals surface area contributed by atoms with E-state index in [2.05, 4.69) is 20.2 Å². The zero-order valence-electron chi connectivity index (χ0n) is 18.5. The van der Waals surface area contributed by atoms with Gasteiger partial charge in [0.15, 0.2) is 11.5 Å². The topological polar surface area (TPSA) is 112 Å². The lowest BCUT2D eigenvalue weighted by molar-refractivity contribution is 0.0510. The molecule has 11 heteroatoms. The predicted molar refractivity (Wildman–Crippen MR) is 120 cm³/mol. The van der Waals surface area contributed by atoms with Gasteiger partial charge in [0.2, 0.25) is 5.75 Å². The summed E-state index contributed by atoms with van der Waals surface area (Å²) in [5, 5.41) is 7.59. The molecule has 10 nitrogen and oxygen atoms in total. The zero-order valence-corrected chi connectivity index (χ0v) is 19.3. The van der Waals surface area contributed by atoms with Crippen LogP contribution in [0.4, 0.5) is 0 Å². The number of carbonyl (C=O) groups is 1. The maximum absolute atomic E-state index is 13.1. The van der Waals surface area contributed by atoms with E-state index in [1.165, 1.54) is 12.4 Å². The highest BCUT2D eigenvalue weighted by Gasteiger charge is 2.27. The molecule has 3 heterocycles. The van der Waals surface area contributed by atoms with Gasteiger partial charge in [-0.15, -0.1) is 0 Å². The number of amides is 1. The summed E-state index contributed by atoms with van der Waals surface area (Å²) in [6, 6.07) is 5.51. The molecule has 0 bridgehead atoms. The quantitative estimate of drug-likeness (QED) is 0.556. The molecule has 1 unspecified atom stereocenters. The number of nitrogens with one attached hydrogen (secondary N) is 1. The minimum Gasteiger partial charge on any atom is -0.493 e. The third kappa shape index (κ3) is 4.95. The molecule has 1 amide bonds. The summed E-state index contributed by atoms with van der Waals surface area (Å²) in [4.78, 5) is 23.0. The van der Waals surface area contributed by atoms with Crippen LogP contribution in [0.3, 0.4) is 0 Å². The van der Waals surface area contributed by atoms with Gasteiger partial charge >= 0.3 is 6.01 Å². The van der Waals surface area contributed by atoms with E-state index in [1.54, 1.807) is 44.4 Å². The van der Waals surface area contributed by atoms with Crippen LogP contribution < -0.4 is 18.9 Å². The molecule has 0 spiro atoms. The van der Waals surface area contributed by atoms with Crippen LogP contribution >= 0.6 is 11.6 Å². The minimum absolute atomic E-state index is 0.161. The van der Waals surface area contributed by atoms with Gasteiger partial charge in [-0.3, -0.25) is 9.89 Å². The molecule has 1 atom stereocenters. The standard InChI is InChI=1S/C22H24ClN5O5/c1-30-18-7-13(8-19(31-2)20(18)32-3)16-9-17(27-26-16)21(29)28-6-4-5-15(12-28)33-22-24-10-14(23)11-25-22/h7-11,15H,4-6,12H2,1-3H3,(H,26,27). The predicted octanol–water partition coefficient (Wildman–Crippen LogP) is 3.23. The number of hydrogen-bond donors (Lipinski definition) is 1. The van der Waals surface area contributed by atoms with Crippen molar-refractivity contribution in [3.05, 3.63) is 41.3 Å². The van der Waals surface area contributed by atoms with Crippen molar-refractivity contribution >= 4 is 17.5 Å². The lowest BCUT2D eigenvalue weighted by Crippen LogP contribution is -2.44. The average molecular weight is 474 g/mol. The summed E-state index contributed by atoms with van der Waals surface area (Å²) in [5.41, 5.74) is 1.68. The second-order valence-corrected chi connectivity index (χ2v) is 7.83. The summed E-state index contributed by atoms with van der Waals surface area (Å²) in [6.45, 7) is 1.04. The van der Waals surface area contributed by atoms with Crippen LogP contribution in [-0.4, -0.2) is 71.5 Å². The van der Waals surface area contributed by atoms with Crippen LogP contribution in [-0.2, 0) is 0 Å². The largest absolute Gasteiger partial charge is 0.493 e. The van der Waals surface area contributed by atoms with Gasteiger partial charge < -0.3 is 23.8 Å². The van der Waals surface area contributed by atoms with E-state index in [4.69, 9.17) is 30.5 Å². The number of H-pyrrole nitrogens is 1. The number of halogens is 1. The second kappa shape index (κ2) is 9.95. The lowest BCUT2D eigenvalue weighted by Gasteiger charge is -2.32. The summed E-state index contributed by atoms with van der Waals surface area (Å²) in [6.07, 6.45) is 4.35.